The van der Waals surface area contributed by atoms with Crippen molar-refractivity contribution in [1.29, 1.82) is 0 Å². The molecular formula is C11H22N2O3. The predicted octanol–water partition coefficient (Wildman–Crippen LogP) is 0.254. The summed E-state index contributed by atoms with van der Waals surface area (Å²) < 4.78 is 4.81. The summed E-state index contributed by atoms with van der Waals surface area (Å²) >= 11 is 0. The van der Waals surface area contributed by atoms with Gasteiger partial charge in [0.2, 0.25) is 11.8 Å². The van der Waals surface area contributed by atoms with Crippen LogP contribution >= 0.6 is 0 Å². The third-order valence-electron chi connectivity index (χ3n) is 1.99. The summed E-state index contributed by atoms with van der Waals surface area (Å²) in [5, 5.41) is 2.68. The highest BCUT2D eigenvalue weighted by atomic mass is 16.5. The lowest BCUT2D eigenvalue weighted by Crippen LogP contribution is -2.42. The molecule has 5 heteroatoms. The maximum absolute atomic E-state index is 11.5. The van der Waals surface area contributed by atoms with E-state index in [1.165, 1.54) is 6.92 Å². The van der Waals surface area contributed by atoms with Gasteiger partial charge in [-0.05, 0) is 5.92 Å². The molecule has 0 fully saturated rings. The van der Waals surface area contributed by atoms with Crippen LogP contribution in [0, 0.1) is 5.92 Å². The predicted molar refractivity (Wildman–Crippen MR) is 62.0 cm³/mol. The first kappa shape index (κ1) is 14.9. The zero-order valence-electron chi connectivity index (χ0n) is 10.6. The summed E-state index contributed by atoms with van der Waals surface area (Å²) in [7, 11) is 1.58. The van der Waals surface area contributed by atoms with Gasteiger partial charge in [0.1, 0.15) is 0 Å². The summed E-state index contributed by atoms with van der Waals surface area (Å²) in [5.41, 5.74) is 0. The van der Waals surface area contributed by atoms with Gasteiger partial charge in [-0.2, -0.15) is 0 Å². The fourth-order valence-electron chi connectivity index (χ4n) is 1.27. The largest absolute Gasteiger partial charge is 0.383 e. The van der Waals surface area contributed by atoms with Crippen molar-refractivity contribution in [1.82, 2.24) is 10.2 Å². The average molecular weight is 230 g/mol. The van der Waals surface area contributed by atoms with Crippen molar-refractivity contribution in [3.8, 4) is 0 Å². The Hall–Kier alpha value is -1.10. The van der Waals surface area contributed by atoms with Gasteiger partial charge < -0.3 is 15.0 Å². The molecule has 0 bridgehead atoms. The number of hydrogen-bond donors (Lipinski definition) is 1. The molecule has 0 aromatic rings. The van der Waals surface area contributed by atoms with E-state index in [0.717, 1.165) is 0 Å². The third-order valence-corrected chi connectivity index (χ3v) is 1.99. The lowest BCUT2D eigenvalue weighted by molar-refractivity contribution is -0.134. The first-order valence-corrected chi connectivity index (χ1v) is 5.48. The van der Waals surface area contributed by atoms with E-state index in [1.54, 1.807) is 12.0 Å². The van der Waals surface area contributed by atoms with Crippen molar-refractivity contribution < 1.29 is 14.3 Å². The minimum atomic E-state index is -0.145. The van der Waals surface area contributed by atoms with E-state index in [0.29, 0.717) is 25.6 Å². The topological polar surface area (TPSA) is 58.6 Å². The number of nitrogens with zero attached hydrogens (tertiary/aromatic N) is 1. The highest BCUT2D eigenvalue weighted by Crippen LogP contribution is 1.98. The van der Waals surface area contributed by atoms with Gasteiger partial charge in [0.05, 0.1) is 13.2 Å². The Morgan fingerprint density at radius 1 is 1.38 bits per heavy atom. The molecular weight excluding hydrogens is 208 g/mol. The minimum absolute atomic E-state index is 0.0735. The van der Waals surface area contributed by atoms with Gasteiger partial charge in [-0.25, -0.2) is 0 Å². The molecule has 0 aliphatic rings. The van der Waals surface area contributed by atoms with Gasteiger partial charge in [0.15, 0.2) is 0 Å². The number of nitrogens with one attached hydrogen (secondary N) is 1. The van der Waals surface area contributed by atoms with E-state index in [9.17, 15) is 9.59 Å². The molecule has 0 aromatic heterocycles. The van der Waals surface area contributed by atoms with Crippen molar-refractivity contribution in [3.63, 3.8) is 0 Å². The number of hydrogen-bond acceptors (Lipinski definition) is 3. The lowest BCUT2D eigenvalue weighted by atomic mass is 10.2. The summed E-state index contributed by atoms with van der Waals surface area (Å²) in [6.45, 7) is 7.19. The van der Waals surface area contributed by atoms with Crippen LogP contribution in [0.3, 0.4) is 0 Å². The maximum Gasteiger partial charge on any atom is 0.239 e. The Kier molecular flexibility index (Phi) is 7.54. The highest BCUT2D eigenvalue weighted by molar-refractivity contribution is 5.83. The van der Waals surface area contributed by atoms with Gasteiger partial charge >= 0.3 is 0 Å². The molecule has 5 nitrogen and oxygen atoms in total. The summed E-state index contributed by atoms with van der Waals surface area (Å²) in [6.07, 6.45) is 0. The van der Waals surface area contributed by atoms with E-state index in [-0.39, 0.29) is 18.4 Å². The van der Waals surface area contributed by atoms with Crippen molar-refractivity contribution >= 4 is 11.8 Å². The number of rotatable bonds is 7. The molecule has 1 N–H and O–H groups in total. The zero-order chi connectivity index (χ0) is 12.6. The standard InChI is InChI=1S/C11H22N2O3/c1-9(2)7-13(10(3)14)8-11(15)12-5-6-16-4/h9H,5-8H2,1-4H3,(H,12,15). The number of methoxy groups -OCH3 is 1. The zero-order valence-corrected chi connectivity index (χ0v) is 10.6. The SMILES string of the molecule is COCCNC(=O)CN(CC(C)C)C(C)=O. The average Bonchev–Trinajstić information content (AvgIpc) is 2.16. The summed E-state index contributed by atoms with van der Waals surface area (Å²) in [6, 6.07) is 0. The molecule has 2 amide bonds. The second kappa shape index (κ2) is 8.10. The van der Waals surface area contributed by atoms with E-state index < -0.39 is 0 Å². The van der Waals surface area contributed by atoms with Crippen molar-refractivity contribution in [2.75, 3.05) is 33.4 Å². The maximum atomic E-state index is 11.5. The van der Waals surface area contributed by atoms with Crippen LogP contribution in [-0.2, 0) is 14.3 Å². The molecule has 0 heterocycles. The molecule has 0 unspecified atom stereocenters. The van der Waals surface area contributed by atoms with Gasteiger partial charge in [-0.15, -0.1) is 0 Å². The van der Waals surface area contributed by atoms with Crippen LogP contribution in [0.15, 0.2) is 0 Å². The quantitative estimate of drug-likeness (QED) is 0.638. The molecule has 0 aromatic carbocycles. The highest BCUT2D eigenvalue weighted by Gasteiger charge is 2.14. The van der Waals surface area contributed by atoms with Crippen LogP contribution in [0.2, 0.25) is 0 Å². The molecule has 0 aliphatic heterocycles. The molecule has 0 saturated heterocycles. The van der Waals surface area contributed by atoms with Crippen LogP contribution in [0.4, 0.5) is 0 Å². The van der Waals surface area contributed by atoms with Crippen molar-refractivity contribution in [3.05, 3.63) is 0 Å². The van der Waals surface area contributed by atoms with Crippen LogP contribution in [0.25, 0.3) is 0 Å². The van der Waals surface area contributed by atoms with E-state index in [4.69, 9.17) is 4.74 Å². The first-order chi connectivity index (χ1) is 7.47. The molecule has 94 valence electrons. The second-order valence-corrected chi connectivity index (χ2v) is 4.14. The van der Waals surface area contributed by atoms with Crippen molar-refractivity contribution in [2.45, 2.75) is 20.8 Å². The normalized spacial score (nSPS) is 10.3. The Labute approximate surface area is 97.1 Å². The number of carbonyl (C=O) groups excluding carboxylic acids is 2. The molecule has 0 saturated carbocycles. The van der Waals surface area contributed by atoms with E-state index in [2.05, 4.69) is 5.32 Å². The fourth-order valence-corrected chi connectivity index (χ4v) is 1.27. The van der Waals surface area contributed by atoms with Gasteiger partial charge in [0, 0.05) is 27.1 Å². The van der Waals surface area contributed by atoms with Crippen LogP contribution in [0.5, 0.6) is 0 Å². The van der Waals surface area contributed by atoms with Gasteiger partial charge in [-0.3, -0.25) is 9.59 Å². The summed E-state index contributed by atoms with van der Waals surface area (Å²) in [5.74, 6) is 0.138. The fraction of sp³-hybridized carbons (Fsp3) is 0.818. The van der Waals surface area contributed by atoms with E-state index >= 15 is 0 Å². The summed E-state index contributed by atoms with van der Waals surface area (Å²) in [4.78, 5) is 24.3. The Morgan fingerprint density at radius 2 is 2.00 bits per heavy atom. The second-order valence-electron chi connectivity index (χ2n) is 4.14. The van der Waals surface area contributed by atoms with Crippen LogP contribution < -0.4 is 5.32 Å². The molecule has 0 rings (SSSR count). The number of ether oxygens (including phenoxy) is 1. The van der Waals surface area contributed by atoms with Crippen LogP contribution in [0.1, 0.15) is 20.8 Å². The number of carbonyl (C=O) groups is 2. The third kappa shape index (κ3) is 7.23. The van der Waals surface area contributed by atoms with E-state index in [1.807, 2.05) is 13.8 Å². The monoisotopic (exact) mass is 230 g/mol. The molecule has 0 aliphatic carbocycles. The van der Waals surface area contributed by atoms with Gasteiger partial charge in [-0.1, -0.05) is 13.8 Å². The van der Waals surface area contributed by atoms with Crippen LogP contribution in [-0.4, -0.2) is 50.1 Å². The number of amides is 2. The van der Waals surface area contributed by atoms with Crippen molar-refractivity contribution in [2.24, 2.45) is 5.92 Å². The lowest BCUT2D eigenvalue weighted by Gasteiger charge is -2.22. The molecule has 16 heavy (non-hydrogen) atoms. The Morgan fingerprint density at radius 3 is 2.44 bits per heavy atom. The molecule has 0 radical (unpaired) electrons. The molecule has 0 atom stereocenters. The van der Waals surface area contributed by atoms with Gasteiger partial charge in [0.25, 0.3) is 0 Å². The Balaban J connectivity index is 3.98. The molecule has 0 spiro atoms. The first-order valence-electron chi connectivity index (χ1n) is 5.48. The minimum Gasteiger partial charge on any atom is -0.383 e. The Bertz CT molecular complexity index is 229. The smallest absolute Gasteiger partial charge is 0.239 e.